The van der Waals surface area contributed by atoms with Gasteiger partial charge in [-0.3, -0.25) is 10.00 Å². The number of ether oxygens (including phenoxy) is 2. The van der Waals surface area contributed by atoms with E-state index in [9.17, 15) is 9.59 Å². The van der Waals surface area contributed by atoms with E-state index in [0.717, 1.165) is 0 Å². The van der Waals surface area contributed by atoms with Crippen molar-refractivity contribution < 1.29 is 19.1 Å². The summed E-state index contributed by atoms with van der Waals surface area (Å²) in [6.07, 6.45) is -0.603. The summed E-state index contributed by atoms with van der Waals surface area (Å²) < 4.78 is 12.0. The number of amides is 1. The van der Waals surface area contributed by atoms with Crippen molar-refractivity contribution >= 4 is 40.5 Å². The summed E-state index contributed by atoms with van der Waals surface area (Å²) in [6.45, 7) is 7.29. The first-order valence-corrected chi connectivity index (χ1v) is 7.13. The number of hydrogen-bond donors (Lipinski definition) is 1. The van der Waals surface area contributed by atoms with E-state index in [1.54, 1.807) is 34.7 Å². The monoisotopic (exact) mass is 395 g/mol. The zero-order valence-corrected chi connectivity index (χ0v) is 14.3. The highest BCUT2D eigenvalue weighted by Crippen LogP contribution is 2.23. The Hall–Kier alpha value is -1.32. The molecule has 1 aromatic rings. The van der Waals surface area contributed by atoms with Gasteiger partial charge in [-0.2, -0.15) is 5.10 Å². The minimum Gasteiger partial charge on any atom is -0.461 e. The van der Waals surface area contributed by atoms with Crippen molar-refractivity contribution in [2.45, 2.75) is 33.3 Å². The first-order chi connectivity index (χ1) is 9.15. The van der Waals surface area contributed by atoms with Gasteiger partial charge in [0, 0.05) is 7.05 Å². The third-order valence-electron chi connectivity index (χ3n) is 2.08. The van der Waals surface area contributed by atoms with E-state index < -0.39 is 17.7 Å². The van der Waals surface area contributed by atoms with Crippen LogP contribution >= 0.6 is 22.6 Å². The third kappa shape index (κ3) is 4.36. The Morgan fingerprint density at radius 1 is 1.40 bits per heavy atom. The first-order valence-electron chi connectivity index (χ1n) is 6.05. The molecule has 0 aliphatic rings. The van der Waals surface area contributed by atoms with Crippen LogP contribution in [-0.2, 0) is 16.5 Å². The van der Waals surface area contributed by atoms with Gasteiger partial charge in [0.15, 0.2) is 5.69 Å². The number of nitrogens with zero attached hydrogens (tertiary/aromatic N) is 2. The predicted octanol–water partition coefficient (Wildman–Crippen LogP) is 2.55. The molecule has 0 aromatic carbocycles. The Kier molecular flexibility index (Phi) is 5.37. The minimum absolute atomic E-state index is 0.168. The number of carbonyl (C=O) groups is 2. The largest absolute Gasteiger partial charge is 0.461 e. The van der Waals surface area contributed by atoms with Gasteiger partial charge in [-0.05, 0) is 50.3 Å². The summed E-state index contributed by atoms with van der Waals surface area (Å²) >= 11 is 1.93. The van der Waals surface area contributed by atoms with Gasteiger partial charge < -0.3 is 9.47 Å². The fraction of sp³-hybridized carbons (Fsp3) is 0.583. The molecule has 1 amide bonds. The Labute approximate surface area is 131 Å². The molecule has 112 valence electrons. The van der Waals surface area contributed by atoms with Crippen LogP contribution in [0.3, 0.4) is 0 Å². The van der Waals surface area contributed by atoms with Gasteiger partial charge in [0.25, 0.3) is 0 Å². The molecule has 20 heavy (non-hydrogen) atoms. The van der Waals surface area contributed by atoms with Gasteiger partial charge in [0.2, 0.25) is 0 Å². The SMILES string of the molecule is CCOC(=O)c1nn(C)c(NC(=O)OC(C)(C)C)c1I. The van der Waals surface area contributed by atoms with Crippen molar-refractivity contribution in [3.63, 3.8) is 0 Å². The Balaban J connectivity index is 2.92. The fourth-order valence-corrected chi connectivity index (χ4v) is 2.18. The van der Waals surface area contributed by atoms with Crippen molar-refractivity contribution in [3.8, 4) is 0 Å². The molecule has 0 fully saturated rings. The number of nitrogens with one attached hydrogen (secondary N) is 1. The average molecular weight is 395 g/mol. The van der Waals surface area contributed by atoms with E-state index in [2.05, 4.69) is 10.4 Å². The maximum absolute atomic E-state index is 11.7. The van der Waals surface area contributed by atoms with E-state index in [1.807, 2.05) is 22.6 Å². The molecule has 0 aliphatic heterocycles. The van der Waals surface area contributed by atoms with E-state index in [0.29, 0.717) is 9.39 Å². The van der Waals surface area contributed by atoms with Gasteiger partial charge in [0.05, 0.1) is 10.2 Å². The molecule has 7 nitrogen and oxygen atoms in total. The first kappa shape index (κ1) is 16.7. The van der Waals surface area contributed by atoms with Gasteiger partial charge in [-0.15, -0.1) is 0 Å². The second-order valence-corrected chi connectivity index (χ2v) is 6.06. The lowest BCUT2D eigenvalue weighted by atomic mass is 10.2. The van der Waals surface area contributed by atoms with Crippen LogP contribution in [0.25, 0.3) is 0 Å². The van der Waals surface area contributed by atoms with Crippen LogP contribution in [0.1, 0.15) is 38.2 Å². The van der Waals surface area contributed by atoms with Crippen LogP contribution in [0.2, 0.25) is 0 Å². The third-order valence-corrected chi connectivity index (χ3v) is 3.10. The summed E-state index contributed by atoms with van der Waals surface area (Å²) in [5, 5.41) is 6.62. The quantitative estimate of drug-likeness (QED) is 0.629. The zero-order valence-electron chi connectivity index (χ0n) is 12.1. The van der Waals surface area contributed by atoms with Crippen LogP contribution in [0.4, 0.5) is 10.6 Å². The van der Waals surface area contributed by atoms with E-state index in [-0.39, 0.29) is 12.3 Å². The zero-order chi connectivity index (χ0) is 15.5. The van der Waals surface area contributed by atoms with Gasteiger partial charge in [0.1, 0.15) is 11.4 Å². The number of aromatic nitrogens is 2. The number of anilines is 1. The molecule has 0 radical (unpaired) electrons. The topological polar surface area (TPSA) is 82.5 Å². The van der Waals surface area contributed by atoms with Gasteiger partial charge >= 0.3 is 12.1 Å². The molecular formula is C12H18IN3O4. The Morgan fingerprint density at radius 2 is 2.00 bits per heavy atom. The smallest absolute Gasteiger partial charge is 0.413 e. The van der Waals surface area contributed by atoms with Crippen LogP contribution in [0.15, 0.2) is 0 Å². The molecule has 1 aromatic heterocycles. The molecule has 0 unspecified atom stereocenters. The van der Waals surface area contributed by atoms with Gasteiger partial charge in [-0.25, -0.2) is 9.59 Å². The molecule has 0 spiro atoms. The number of esters is 1. The number of rotatable bonds is 3. The van der Waals surface area contributed by atoms with Gasteiger partial charge in [-0.1, -0.05) is 0 Å². The highest BCUT2D eigenvalue weighted by atomic mass is 127. The molecule has 1 heterocycles. The standard InChI is InChI=1S/C12H18IN3O4/c1-6-19-10(17)8-7(13)9(16(5)15-8)14-11(18)20-12(2,3)4/h6H2,1-5H3,(H,14,18). The molecule has 0 saturated carbocycles. The number of halogens is 1. The van der Waals surface area contributed by atoms with E-state index in [1.165, 1.54) is 4.68 Å². The highest BCUT2D eigenvalue weighted by Gasteiger charge is 2.24. The Morgan fingerprint density at radius 3 is 2.50 bits per heavy atom. The van der Waals surface area contributed by atoms with Crippen molar-refractivity contribution in [1.82, 2.24) is 9.78 Å². The summed E-state index contributed by atoms with van der Waals surface area (Å²) in [5.74, 6) is -0.132. The van der Waals surface area contributed by atoms with E-state index in [4.69, 9.17) is 9.47 Å². The molecule has 0 saturated heterocycles. The fourth-order valence-electron chi connectivity index (χ4n) is 1.36. The van der Waals surface area contributed by atoms with Crippen molar-refractivity contribution in [2.75, 3.05) is 11.9 Å². The lowest BCUT2D eigenvalue weighted by Gasteiger charge is -2.19. The molecule has 8 heteroatoms. The molecule has 0 atom stereocenters. The van der Waals surface area contributed by atoms with Crippen LogP contribution in [0, 0.1) is 3.57 Å². The number of carbonyl (C=O) groups excluding carboxylic acids is 2. The average Bonchev–Trinajstić information content (AvgIpc) is 2.55. The van der Waals surface area contributed by atoms with Crippen molar-refractivity contribution in [1.29, 1.82) is 0 Å². The second-order valence-electron chi connectivity index (χ2n) is 4.98. The molecular weight excluding hydrogens is 377 g/mol. The summed E-state index contributed by atoms with van der Waals surface area (Å²) in [6, 6.07) is 0. The van der Waals surface area contributed by atoms with Crippen LogP contribution in [0.5, 0.6) is 0 Å². The summed E-state index contributed by atoms with van der Waals surface area (Å²) in [4.78, 5) is 23.4. The number of hydrogen-bond acceptors (Lipinski definition) is 5. The number of aryl methyl sites for hydroxylation is 1. The van der Waals surface area contributed by atoms with Crippen LogP contribution in [-0.4, -0.2) is 34.1 Å². The maximum Gasteiger partial charge on any atom is 0.413 e. The predicted molar refractivity (Wildman–Crippen MR) is 81.7 cm³/mol. The molecule has 0 aliphatic carbocycles. The summed E-state index contributed by atoms with van der Waals surface area (Å²) in [5.41, 5.74) is -0.432. The maximum atomic E-state index is 11.7. The molecule has 1 N–H and O–H groups in total. The lowest BCUT2D eigenvalue weighted by molar-refractivity contribution is 0.0516. The molecule has 0 bridgehead atoms. The van der Waals surface area contributed by atoms with Crippen molar-refractivity contribution in [2.24, 2.45) is 7.05 Å². The molecule has 1 rings (SSSR count). The minimum atomic E-state index is -0.603. The van der Waals surface area contributed by atoms with Crippen molar-refractivity contribution in [3.05, 3.63) is 9.26 Å². The summed E-state index contributed by atoms with van der Waals surface area (Å²) in [7, 11) is 1.62. The Bertz CT molecular complexity index is 520. The second kappa shape index (κ2) is 6.42. The highest BCUT2D eigenvalue weighted by molar-refractivity contribution is 14.1. The van der Waals surface area contributed by atoms with E-state index >= 15 is 0 Å². The van der Waals surface area contributed by atoms with Crippen LogP contribution < -0.4 is 5.32 Å². The lowest BCUT2D eigenvalue weighted by Crippen LogP contribution is -2.28. The normalized spacial score (nSPS) is 11.1.